The average molecular weight is 509 g/mol. The molecule has 0 atom stereocenters. The lowest BCUT2D eigenvalue weighted by atomic mass is 10.1. The van der Waals surface area contributed by atoms with Crippen LogP contribution in [0, 0.1) is 5.82 Å². The number of H-pyrrole nitrogens is 1. The SMILES string of the molecule is Fc1cc(-c2nnc(C(F)F)o2)ccc1Cn1cc(-c2ccc3c(CN4CCOCC4)c[nH]c3c2)nn1. The lowest BCUT2D eigenvalue weighted by molar-refractivity contribution is 0.0343. The normalized spacial score (nSPS) is 14.7. The molecule has 0 amide bonds. The van der Waals surface area contributed by atoms with Gasteiger partial charge in [0.2, 0.25) is 5.89 Å². The van der Waals surface area contributed by atoms with Crippen LogP contribution >= 0.6 is 0 Å². The molecule has 12 heteroatoms. The molecule has 0 saturated carbocycles. The van der Waals surface area contributed by atoms with Crippen LogP contribution in [-0.2, 0) is 17.8 Å². The number of hydrogen-bond acceptors (Lipinski definition) is 7. The first-order valence-electron chi connectivity index (χ1n) is 11.7. The van der Waals surface area contributed by atoms with Crippen molar-refractivity contribution in [3.05, 3.63) is 71.6 Å². The zero-order valence-corrected chi connectivity index (χ0v) is 19.6. The molecule has 3 aromatic heterocycles. The van der Waals surface area contributed by atoms with Gasteiger partial charge in [0.1, 0.15) is 11.5 Å². The van der Waals surface area contributed by atoms with Gasteiger partial charge < -0.3 is 14.1 Å². The van der Waals surface area contributed by atoms with E-state index >= 15 is 0 Å². The smallest absolute Gasteiger partial charge is 0.314 e. The van der Waals surface area contributed by atoms with Crippen LogP contribution in [-0.4, -0.2) is 61.4 Å². The second-order valence-corrected chi connectivity index (χ2v) is 8.82. The predicted molar refractivity (Wildman–Crippen MR) is 127 cm³/mol. The number of aromatic amines is 1. The highest BCUT2D eigenvalue weighted by atomic mass is 19.3. The van der Waals surface area contributed by atoms with Crippen LogP contribution in [0.3, 0.4) is 0 Å². The number of alkyl halides is 2. The zero-order chi connectivity index (χ0) is 25.4. The molecular formula is C25H22F3N7O2. The summed E-state index contributed by atoms with van der Waals surface area (Å²) in [6, 6.07) is 10.3. The Kier molecular flexibility index (Phi) is 6.18. The number of nitrogens with zero attached hydrogens (tertiary/aromatic N) is 6. The first-order chi connectivity index (χ1) is 18.0. The number of hydrogen-bond donors (Lipinski definition) is 1. The number of fused-ring (bicyclic) bond motifs is 1. The fraction of sp³-hybridized carbons (Fsp3) is 0.280. The Morgan fingerprint density at radius 1 is 0.946 bits per heavy atom. The predicted octanol–water partition coefficient (Wildman–Crippen LogP) is 4.43. The molecule has 5 aromatic rings. The molecule has 37 heavy (non-hydrogen) atoms. The Morgan fingerprint density at radius 3 is 2.57 bits per heavy atom. The van der Waals surface area contributed by atoms with Crippen LogP contribution in [0.15, 0.2) is 53.2 Å². The van der Waals surface area contributed by atoms with Gasteiger partial charge in [-0.3, -0.25) is 4.90 Å². The van der Waals surface area contributed by atoms with E-state index in [1.807, 2.05) is 18.3 Å². The van der Waals surface area contributed by atoms with E-state index in [0.717, 1.165) is 49.3 Å². The average Bonchev–Trinajstić information content (AvgIpc) is 3.66. The van der Waals surface area contributed by atoms with Crippen molar-refractivity contribution in [1.29, 1.82) is 0 Å². The van der Waals surface area contributed by atoms with Crippen molar-refractivity contribution >= 4 is 10.9 Å². The topological polar surface area (TPSA) is 97.9 Å². The lowest BCUT2D eigenvalue weighted by Crippen LogP contribution is -2.35. The molecule has 0 radical (unpaired) electrons. The van der Waals surface area contributed by atoms with Crippen molar-refractivity contribution in [2.75, 3.05) is 26.3 Å². The molecule has 1 aliphatic rings. The van der Waals surface area contributed by atoms with Gasteiger partial charge in [0.25, 0.3) is 5.89 Å². The number of rotatable bonds is 7. The molecular weight excluding hydrogens is 487 g/mol. The molecule has 6 rings (SSSR count). The van der Waals surface area contributed by atoms with Gasteiger partial charge in [-0.15, -0.1) is 15.3 Å². The lowest BCUT2D eigenvalue weighted by Gasteiger charge is -2.26. The number of aromatic nitrogens is 6. The number of morpholine rings is 1. The largest absolute Gasteiger partial charge is 0.415 e. The molecule has 1 N–H and O–H groups in total. The summed E-state index contributed by atoms with van der Waals surface area (Å²) in [7, 11) is 0. The van der Waals surface area contributed by atoms with Crippen LogP contribution in [0.4, 0.5) is 13.2 Å². The molecule has 0 bridgehead atoms. The molecule has 2 aromatic carbocycles. The summed E-state index contributed by atoms with van der Waals surface area (Å²) in [6.45, 7) is 4.37. The van der Waals surface area contributed by atoms with Gasteiger partial charge >= 0.3 is 6.43 Å². The van der Waals surface area contributed by atoms with Crippen molar-refractivity contribution in [2.24, 2.45) is 0 Å². The van der Waals surface area contributed by atoms with Crippen molar-refractivity contribution in [1.82, 2.24) is 35.1 Å². The summed E-state index contributed by atoms with van der Waals surface area (Å²) in [5, 5.41) is 16.4. The maximum absolute atomic E-state index is 14.7. The molecule has 9 nitrogen and oxygen atoms in total. The monoisotopic (exact) mass is 509 g/mol. The summed E-state index contributed by atoms with van der Waals surface area (Å²) in [6.07, 6.45) is 0.899. The highest BCUT2D eigenvalue weighted by Gasteiger charge is 2.18. The molecule has 1 fully saturated rings. The van der Waals surface area contributed by atoms with Gasteiger partial charge in [-0.2, -0.15) is 8.78 Å². The maximum atomic E-state index is 14.7. The van der Waals surface area contributed by atoms with E-state index in [1.165, 1.54) is 28.4 Å². The van der Waals surface area contributed by atoms with E-state index < -0.39 is 18.1 Å². The number of nitrogens with one attached hydrogen (secondary N) is 1. The van der Waals surface area contributed by atoms with E-state index in [1.54, 1.807) is 6.20 Å². The quantitative estimate of drug-likeness (QED) is 0.347. The number of ether oxygens (including phenoxy) is 1. The van der Waals surface area contributed by atoms with Crippen molar-refractivity contribution in [3.63, 3.8) is 0 Å². The summed E-state index contributed by atoms with van der Waals surface area (Å²) in [5.74, 6) is -1.52. The molecule has 190 valence electrons. The minimum atomic E-state index is -2.89. The molecule has 4 heterocycles. The van der Waals surface area contributed by atoms with Gasteiger partial charge in [0.15, 0.2) is 0 Å². The van der Waals surface area contributed by atoms with Gasteiger partial charge in [0.05, 0.1) is 26.0 Å². The Hall–Kier alpha value is -4.03. The summed E-state index contributed by atoms with van der Waals surface area (Å²) < 4.78 is 52.0. The van der Waals surface area contributed by atoms with Crippen LogP contribution in [0.1, 0.15) is 23.4 Å². The van der Waals surface area contributed by atoms with Gasteiger partial charge in [-0.1, -0.05) is 23.4 Å². The first-order valence-corrected chi connectivity index (χ1v) is 11.7. The minimum Gasteiger partial charge on any atom is -0.415 e. The summed E-state index contributed by atoms with van der Waals surface area (Å²) in [4.78, 5) is 5.72. The Morgan fingerprint density at radius 2 is 1.78 bits per heavy atom. The third-order valence-electron chi connectivity index (χ3n) is 6.36. The standard InChI is InChI=1S/C25H22F3N7O2/c26-20-9-16(24-31-32-25(37-24)23(27)28)1-2-17(20)13-35-14-22(30-33-35)15-3-4-19-18(11-29-21(19)10-15)12-34-5-7-36-8-6-34/h1-4,9-11,14,23,29H,5-8,12-13H2. The van der Waals surface area contributed by atoms with Crippen LogP contribution < -0.4 is 0 Å². The molecule has 0 aliphatic carbocycles. The first kappa shape index (κ1) is 23.4. The van der Waals surface area contributed by atoms with Gasteiger partial charge in [-0.25, -0.2) is 9.07 Å². The Balaban J connectivity index is 1.17. The number of halogens is 3. The van der Waals surface area contributed by atoms with E-state index in [2.05, 4.69) is 36.5 Å². The highest BCUT2D eigenvalue weighted by Crippen LogP contribution is 2.27. The van der Waals surface area contributed by atoms with E-state index in [9.17, 15) is 13.2 Å². The fourth-order valence-electron chi connectivity index (χ4n) is 4.41. The van der Waals surface area contributed by atoms with Crippen LogP contribution in [0.5, 0.6) is 0 Å². The second kappa shape index (κ2) is 9.79. The molecule has 1 saturated heterocycles. The van der Waals surface area contributed by atoms with E-state index in [-0.39, 0.29) is 18.0 Å². The van der Waals surface area contributed by atoms with Crippen LogP contribution in [0.25, 0.3) is 33.6 Å². The minimum absolute atomic E-state index is 0.139. The summed E-state index contributed by atoms with van der Waals surface area (Å²) >= 11 is 0. The van der Waals surface area contributed by atoms with Gasteiger partial charge in [-0.05, 0) is 23.8 Å². The molecule has 0 unspecified atom stereocenters. The second-order valence-electron chi connectivity index (χ2n) is 8.82. The summed E-state index contributed by atoms with van der Waals surface area (Å²) in [5.41, 5.74) is 4.35. The van der Waals surface area contributed by atoms with Gasteiger partial charge in [0, 0.05) is 53.4 Å². The Bertz CT molecular complexity index is 1540. The van der Waals surface area contributed by atoms with Crippen molar-refractivity contribution in [3.8, 4) is 22.7 Å². The third kappa shape index (κ3) is 4.85. The highest BCUT2D eigenvalue weighted by molar-refractivity contribution is 5.87. The molecule has 0 spiro atoms. The van der Waals surface area contributed by atoms with Crippen molar-refractivity contribution in [2.45, 2.75) is 19.5 Å². The third-order valence-corrected chi connectivity index (χ3v) is 6.36. The number of benzene rings is 2. The maximum Gasteiger partial charge on any atom is 0.314 e. The van der Waals surface area contributed by atoms with Crippen molar-refractivity contribution < 1.29 is 22.3 Å². The van der Waals surface area contributed by atoms with E-state index in [4.69, 9.17) is 9.15 Å². The van der Waals surface area contributed by atoms with Crippen LogP contribution in [0.2, 0.25) is 0 Å². The van der Waals surface area contributed by atoms with E-state index in [0.29, 0.717) is 11.3 Å². The fourth-order valence-corrected chi connectivity index (χ4v) is 4.41. The Labute approximate surface area is 208 Å². The molecule has 1 aliphatic heterocycles. The zero-order valence-electron chi connectivity index (χ0n) is 19.6.